The molecular weight excluding hydrogens is 294 g/mol. The first-order chi connectivity index (χ1) is 10.8. The quantitative estimate of drug-likeness (QED) is 0.715. The molecule has 0 radical (unpaired) electrons. The number of hydrogen-bond donors (Lipinski definition) is 1. The predicted molar refractivity (Wildman–Crippen MR) is 88.5 cm³/mol. The number of hydroxylamine groups is 1. The molecule has 110 valence electrons. The maximum atomic E-state index is 12.3. The van der Waals surface area contributed by atoms with Crippen molar-refractivity contribution in [2.24, 2.45) is 0 Å². The molecule has 3 rings (SSSR count). The first-order valence-corrected chi connectivity index (χ1v) is 7.81. The molecule has 0 bridgehead atoms. The maximum absolute atomic E-state index is 12.3. The highest BCUT2D eigenvalue weighted by molar-refractivity contribution is 7.12. The number of amides is 1. The molecule has 1 aromatic heterocycles. The van der Waals surface area contributed by atoms with E-state index in [4.69, 9.17) is 4.84 Å². The molecule has 0 aliphatic rings. The number of hydrogen-bond acceptors (Lipinski definition) is 3. The van der Waals surface area contributed by atoms with Gasteiger partial charge in [0.2, 0.25) is 0 Å². The molecule has 0 saturated carbocycles. The standard InChI is InChI=1S/C18H15NO2S/c20-18(19-21-13-14-7-3-1-4-8-14)17-16(11-12-22-17)15-9-5-2-6-10-15/h1-12H,13H2,(H,19,20). The smallest absolute Gasteiger partial charge is 0.269 e. The van der Waals surface area contributed by atoms with E-state index in [-0.39, 0.29) is 5.91 Å². The van der Waals surface area contributed by atoms with Crippen LogP contribution in [0.4, 0.5) is 0 Å². The average Bonchev–Trinajstić information content (AvgIpc) is 3.06. The summed E-state index contributed by atoms with van der Waals surface area (Å²) < 4.78 is 0. The highest BCUT2D eigenvalue weighted by atomic mass is 32.1. The van der Waals surface area contributed by atoms with E-state index in [2.05, 4.69) is 5.48 Å². The molecule has 3 aromatic rings. The Hall–Kier alpha value is -2.43. The van der Waals surface area contributed by atoms with Crippen molar-refractivity contribution < 1.29 is 9.63 Å². The van der Waals surface area contributed by atoms with Crippen molar-refractivity contribution in [2.75, 3.05) is 0 Å². The highest BCUT2D eigenvalue weighted by Crippen LogP contribution is 2.28. The van der Waals surface area contributed by atoms with Gasteiger partial charge in [0.1, 0.15) is 4.88 Å². The van der Waals surface area contributed by atoms with Crippen LogP contribution in [0.2, 0.25) is 0 Å². The van der Waals surface area contributed by atoms with Gasteiger partial charge in [-0.1, -0.05) is 60.7 Å². The molecule has 0 fully saturated rings. The van der Waals surface area contributed by atoms with Crippen molar-refractivity contribution in [1.29, 1.82) is 0 Å². The van der Waals surface area contributed by atoms with Crippen molar-refractivity contribution in [1.82, 2.24) is 5.48 Å². The fourth-order valence-corrected chi connectivity index (χ4v) is 2.94. The highest BCUT2D eigenvalue weighted by Gasteiger charge is 2.14. The summed E-state index contributed by atoms with van der Waals surface area (Å²) in [6, 6.07) is 21.5. The van der Waals surface area contributed by atoms with Crippen molar-refractivity contribution in [3.8, 4) is 11.1 Å². The van der Waals surface area contributed by atoms with Gasteiger partial charge < -0.3 is 0 Å². The van der Waals surface area contributed by atoms with Crippen molar-refractivity contribution in [2.45, 2.75) is 6.61 Å². The van der Waals surface area contributed by atoms with E-state index in [1.807, 2.05) is 72.1 Å². The van der Waals surface area contributed by atoms with Crippen LogP contribution in [0.3, 0.4) is 0 Å². The molecule has 0 aliphatic carbocycles. The van der Waals surface area contributed by atoms with Gasteiger partial charge in [0.15, 0.2) is 0 Å². The first-order valence-electron chi connectivity index (χ1n) is 6.93. The molecule has 0 unspecified atom stereocenters. The lowest BCUT2D eigenvalue weighted by Gasteiger charge is -2.07. The largest absolute Gasteiger partial charge is 0.285 e. The van der Waals surface area contributed by atoms with Gasteiger partial charge in [-0.3, -0.25) is 9.63 Å². The second-order valence-electron chi connectivity index (χ2n) is 4.73. The number of nitrogens with one attached hydrogen (secondary N) is 1. The third kappa shape index (κ3) is 3.42. The molecule has 1 heterocycles. The lowest BCUT2D eigenvalue weighted by molar-refractivity contribution is 0.0237. The zero-order valence-electron chi connectivity index (χ0n) is 11.9. The lowest BCUT2D eigenvalue weighted by Crippen LogP contribution is -2.23. The number of rotatable bonds is 5. The van der Waals surface area contributed by atoms with Crippen molar-refractivity contribution in [3.63, 3.8) is 0 Å². The van der Waals surface area contributed by atoms with E-state index in [1.165, 1.54) is 11.3 Å². The fraction of sp³-hybridized carbons (Fsp3) is 0.0556. The maximum Gasteiger partial charge on any atom is 0.285 e. The van der Waals surface area contributed by atoms with Crippen LogP contribution in [-0.4, -0.2) is 5.91 Å². The van der Waals surface area contributed by atoms with E-state index in [1.54, 1.807) is 0 Å². The second kappa shape index (κ2) is 7.02. The van der Waals surface area contributed by atoms with Crippen LogP contribution in [0, 0.1) is 0 Å². The average molecular weight is 309 g/mol. The summed E-state index contributed by atoms with van der Waals surface area (Å²) in [5.74, 6) is -0.218. The molecule has 4 heteroatoms. The predicted octanol–water partition coefficient (Wildman–Crippen LogP) is 4.28. The van der Waals surface area contributed by atoms with Gasteiger partial charge in [0, 0.05) is 5.56 Å². The molecule has 1 amide bonds. The Labute approximate surface area is 133 Å². The van der Waals surface area contributed by atoms with Gasteiger partial charge in [-0.15, -0.1) is 11.3 Å². The number of benzene rings is 2. The Bertz CT molecular complexity index is 738. The SMILES string of the molecule is O=C(NOCc1ccccc1)c1sccc1-c1ccccc1. The Kier molecular flexibility index (Phi) is 4.63. The van der Waals surface area contributed by atoms with Crippen LogP contribution in [0.15, 0.2) is 72.1 Å². The minimum atomic E-state index is -0.218. The Balaban J connectivity index is 1.65. The summed E-state index contributed by atoms with van der Waals surface area (Å²) in [5.41, 5.74) is 5.47. The van der Waals surface area contributed by atoms with Gasteiger partial charge in [0.05, 0.1) is 6.61 Å². The van der Waals surface area contributed by atoms with Crippen LogP contribution in [0.5, 0.6) is 0 Å². The van der Waals surface area contributed by atoms with Gasteiger partial charge >= 0.3 is 0 Å². The van der Waals surface area contributed by atoms with Crippen LogP contribution in [0.1, 0.15) is 15.2 Å². The fourth-order valence-electron chi connectivity index (χ4n) is 2.14. The third-order valence-electron chi connectivity index (χ3n) is 3.20. The van der Waals surface area contributed by atoms with E-state index in [9.17, 15) is 4.79 Å². The summed E-state index contributed by atoms with van der Waals surface area (Å²) in [5, 5.41) is 1.91. The van der Waals surface area contributed by atoms with Crippen LogP contribution in [-0.2, 0) is 11.4 Å². The summed E-state index contributed by atoms with van der Waals surface area (Å²) in [6.07, 6.45) is 0. The molecule has 0 spiro atoms. The van der Waals surface area contributed by atoms with E-state index in [0.29, 0.717) is 11.5 Å². The van der Waals surface area contributed by atoms with E-state index in [0.717, 1.165) is 16.7 Å². The summed E-state index contributed by atoms with van der Waals surface area (Å²) in [4.78, 5) is 18.2. The van der Waals surface area contributed by atoms with Gasteiger partial charge in [-0.2, -0.15) is 0 Å². The molecule has 3 nitrogen and oxygen atoms in total. The van der Waals surface area contributed by atoms with E-state index < -0.39 is 0 Å². The Morgan fingerprint density at radius 2 is 1.64 bits per heavy atom. The first kappa shape index (κ1) is 14.5. The molecule has 0 saturated heterocycles. The molecule has 1 N–H and O–H groups in total. The van der Waals surface area contributed by atoms with Crippen LogP contribution in [0.25, 0.3) is 11.1 Å². The van der Waals surface area contributed by atoms with Crippen molar-refractivity contribution in [3.05, 3.63) is 82.6 Å². The molecule has 0 atom stereocenters. The summed E-state index contributed by atoms with van der Waals surface area (Å²) >= 11 is 1.41. The second-order valence-corrected chi connectivity index (χ2v) is 5.65. The van der Waals surface area contributed by atoms with Gasteiger partial charge in [0.25, 0.3) is 5.91 Å². The number of thiophene rings is 1. The minimum Gasteiger partial charge on any atom is -0.269 e. The number of carbonyl (C=O) groups is 1. The Morgan fingerprint density at radius 1 is 0.955 bits per heavy atom. The van der Waals surface area contributed by atoms with Crippen molar-refractivity contribution >= 4 is 17.2 Å². The van der Waals surface area contributed by atoms with E-state index >= 15 is 0 Å². The third-order valence-corrected chi connectivity index (χ3v) is 4.12. The van der Waals surface area contributed by atoms with Gasteiger partial charge in [-0.05, 0) is 22.6 Å². The topological polar surface area (TPSA) is 38.3 Å². The minimum absolute atomic E-state index is 0.218. The zero-order valence-corrected chi connectivity index (χ0v) is 12.7. The molecular formula is C18H15NO2S. The van der Waals surface area contributed by atoms with Gasteiger partial charge in [-0.25, -0.2) is 5.48 Å². The molecule has 2 aromatic carbocycles. The summed E-state index contributed by atoms with van der Waals surface area (Å²) in [7, 11) is 0. The van der Waals surface area contributed by atoms with Crippen LogP contribution >= 0.6 is 11.3 Å². The Morgan fingerprint density at radius 3 is 2.36 bits per heavy atom. The molecule has 22 heavy (non-hydrogen) atoms. The van der Waals surface area contributed by atoms with Crippen LogP contribution < -0.4 is 5.48 Å². The number of carbonyl (C=O) groups excluding carboxylic acids is 1. The molecule has 0 aliphatic heterocycles. The monoisotopic (exact) mass is 309 g/mol. The zero-order chi connectivity index (χ0) is 15.2. The lowest BCUT2D eigenvalue weighted by atomic mass is 10.1. The summed E-state index contributed by atoms with van der Waals surface area (Å²) in [6.45, 7) is 0.346. The normalized spacial score (nSPS) is 10.4.